The molecule has 1 saturated heterocycles. The van der Waals surface area contributed by atoms with Crippen molar-refractivity contribution in [2.24, 2.45) is 0 Å². The lowest BCUT2D eigenvalue weighted by Crippen LogP contribution is -2.24. The summed E-state index contributed by atoms with van der Waals surface area (Å²) in [4.78, 5) is 13.7. The summed E-state index contributed by atoms with van der Waals surface area (Å²) in [6.07, 6.45) is 5.65. The summed E-state index contributed by atoms with van der Waals surface area (Å²) in [5.74, 6) is 0.231. The average Bonchev–Trinajstić information content (AvgIpc) is 3.21. The molecule has 2 heterocycles. The highest BCUT2D eigenvalue weighted by atomic mass is 16.2. The largest absolute Gasteiger partial charge is 0.312 e. The highest BCUT2D eigenvalue weighted by Crippen LogP contribution is 2.23. The minimum atomic E-state index is 0.00665. The Morgan fingerprint density at radius 2 is 1.96 bits per heavy atom. The number of hydrogen-bond donors (Lipinski definition) is 1. The molecule has 1 atom stereocenters. The standard InChI is InChI=1S/C20H28N4O/c1-15(21-12-16-13-22-24(14-16)20(2,3)4)17-7-9-18(10-8-17)23-11-5-6-19(23)25/h7-10,13-15,21H,5-6,11-12H2,1-4H3/t15-/m1/s1. The highest BCUT2D eigenvalue weighted by molar-refractivity contribution is 5.95. The molecule has 1 amide bonds. The number of nitrogens with zero attached hydrogens (tertiary/aromatic N) is 3. The summed E-state index contributed by atoms with van der Waals surface area (Å²) >= 11 is 0. The van der Waals surface area contributed by atoms with E-state index in [9.17, 15) is 4.79 Å². The van der Waals surface area contributed by atoms with Crippen LogP contribution in [0.1, 0.15) is 57.7 Å². The van der Waals surface area contributed by atoms with E-state index < -0.39 is 0 Å². The molecule has 0 radical (unpaired) electrons. The monoisotopic (exact) mass is 340 g/mol. The fourth-order valence-corrected chi connectivity index (χ4v) is 3.07. The van der Waals surface area contributed by atoms with E-state index in [0.717, 1.165) is 25.2 Å². The first-order valence-corrected chi connectivity index (χ1v) is 9.02. The van der Waals surface area contributed by atoms with Crippen LogP contribution in [-0.4, -0.2) is 22.2 Å². The zero-order valence-corrected chi connectivity index (χ0v) is 15.6. The summed E-state index contributed by atoms with van der Waals surface area (Å²) in [6.45, 7) is 10.2. The van der Waals surface area contributed by atoms with Gasteiger partial charge in [0, 0.05) is 43.0 Å². The summed E-state index contributed by atoms with van der Waals surface area (Å²) in [6, 6.07) is 8.55. The third-order valence-electron chi connectivity index (χ3n) is 4.71. The topological polar surface area (TPSA) is 50.2 Å². The first kappa shape index (κ1) is 17.7. The Labute approximate surface area is 150 Å². The third-order valence-corrected chi connectivity index (χ3v) is 4.71. The van der Waals surface area contributed by atoms with Gasteiger partial charge in [-0.05, 0) is 51.8 Å². The van der Waals surface area contributed by atoms with Crippen molar-refractivity contribution in [2.75, 3.05) is 11.4 Å². The van der Waals surface area contributed by atoms with E-state index in [1.807, 2.05) is 27.9 Å². The molecular formula is C20H28N4O. The maximum absolute atomic E-state index is 11.8. The number of amides is 1. The Hall–Kier alpha value is -2.14. The summed E-state index contributed by atoms with van der Waals surface area (Å²) in [5.41, 5.74) is 3.41. The second-order valence-corrected chi connectivity index (χ2v) is 7.81. The molecule has 0 unspecified atom stereocenters. The van der Waals surface area contributed by atoms with Crippen LogP contribution in [-0.2, 0) is 16.9 Å². The van der Waals surface area contributed by atoms with Crippen molar-refractivity contribution in [1.29, 1.82) is 0 Å². The Morgan fingerprint density at radius 1 is 1.24 bits per heavy atom. The first-order chi connectivity index (χ1) is 11.8. The van der Waals surface area contributed by atoms with Gasteiger partial charge in [-0.3, -0.25) is 9.48 Å². The zero-order chi connectivity index (χ0) is 18.0. The molecular weight excluding hydrogens is 312 g/mol. The van der Waals surface area contributed by atoms with E-state index in [-0.39, 0.29) is 17.5 Å². The minimum Gasteiger partial charge on any atom is -0.312 e. The van der Waals surface area contributed by atoms with Crippen LogP contribution >= 0.6 is 0 Å². The molecule has 134 valence electrons. The molecule has 2 aromatic rings. The molecule has 0 spiro atoms. The zero-order valence-electron chi connectivity index (χ0n) is 15.6. The van der Waals surface area contributed by atoms with Crippen molar-refractivity contribution in [3.8, 4) is 0 Å². The molecule has 1 N–H and O–H groups in total. The average molecular weight is 340 g/mol. The predicted molar refractivity (Wildman–Crippen MR) is 101 cm³/mol. The summed E-state index contributed by atoms with van der Waals surface area (Å²) in [7, 11) is 0. The Bertz CT molecular complexity index is 727. The number of aromatic nitrogens is 2. The molecule has 1 aromatic carbocycles. The van der Waals surface area contributed by atoms with Gasteiger partial charge < -0.3 is 10.2 Å². The van der Waals surface area contributed by atoms with Crippen LogP contribution in [0.25, 0.3) is 0 Å². The van der Waals surface area contributed by atoms with Crippen LogP contribution in [0, 0.1) is 0 Å². The maximum atomic E-state index is 11.8. The van der Waals surface area contributed by atoms with E-state index in [4.69, 9.17) is 0 Å². The van der Waals surface area contributed by atoms with Crippen LogP contribution in [0.2, 0.25) is 0 Å². The van der Waals surface area contributed by atoms with Crippen LogP contribution in [0.5, 0.6) is 0 Å². The van der Waals surface area contributed by atoms with Crippen molar-refractivity contribution in [3.63, 3.8) is 0 Å². The van der Waals surface area contributed by atoms with Gasteiger partial charge >= 0.3 is 0 Å². The smallest absolute Gasteiger partial charge is 0.227 e. The number of anilines is 1. The van der Waals surface area contributed by atoms with E-state index in [2.05, 4.69) is 56.4 Å². The molecule has 3 rings (SSSR count). The summed E-state index contributed by atoms with van der Waals surface area (Å²) in [5, 5.41) is 7.98. The van der Waals surface area contributed by atoms with Crippen molar-refractivity contribution in [2.45, 2.75) is 58.7 Å². The number of carbonyl (C=O) groups excluding carboxylic acids is 1. The molecule has 0 saturated carbocycles. The molecule has 25 heavy (non-hydrogen) atoms. The van der Waals surface area contributed by atoms with Gasteiger partial charge in [-0.25, -0.2) is 0 Å². The Kier molecular flexibility index (Phi) is 4.95. The van der Waals surface area contributed by atoms with Gasteiger partial charge in [0.15, 0.2) is 0 Å². The van der Waals surface area contributed by atoms with Gasteiger partial charge in [-0.2, -0.15) is 5.10 Å². The Balaban J connectivity index is 1.59. The normalized spacial score (nSPS) is 16.5. The molecule has 1 aromatic heterocycles. The fraction of sp³-hybridized carbons (Fsp3) is 0.500. The van der Waals surface area contributed by atoms with Crippen LogP contribution in [0.15, 0.2) is 36.7 Å². The number of benzene rings is 1. The minimum absolute atomic E-state index is 0.00665. The van der Waals surface area contributed by atoms with Crippen molar-refractivity contribution >= 4 is 11.6 Å². The van der Waals surface area contributed by atoms with Gasteiger partial charge in [-0.15, -0.1) is 0 Å². The number of nitrogens with one attached hydrogen (secondary N) is 1. The lowest BCUT2D eigenvalue weighted by molar-refractivity contribution is -0.117. The van der Waals surface area contributed by atoms with E-state index in [1.54, 1.807) is 0 Å². The van der Waals surface area contributed by atoms with Crippen molar-refractivity contribution in [1.82, 2.24) is 15.1 Å². The van der Waals surface area contributed by atoms with Crippen LogP contribution in [0.4, 0.5) is 5.69 Å². The molecule has 5 heteroatoms. The molecule has 0 bridgehead atoms. The van der Waals surface area contributed by atoms with Gasteiger partial charge in [0.1, 0.15) is 0 Å². The molecule has 1 aliphatic rings. The third kappa shape index (κ3) is 4.10. The highest BCUT2D eigenvalue weighted by Gasteiger charge is 2.21. The number of rotatable bonds is 5. The quantitative estimate of drug-likeness (QED) is 0.904. The number of carbonyl (C=O) groups is 1. The lowest BCUT2D eigenvalue weighted by Gasteiger charge is -2.19. The van der Waals surface area contributed by atoms with E-state index in [0.29, 0.717) is 6.42 Å². The second-order valence-electron chi connectivity index (χ2n) is 7.81. The van der Waals surface area contributed by atoms with Gasteiger partial charge in [-0.1, -0.05) is 12.1 Å². The van der Waals surface area contributed by atoms with Crippen LogP contribution in [0.3, 0.4) is 0 Å². The molecule has 5 nitrogen and oxygen atoms in total. The van der Waals surface area contributed by atoms with Gasteiger partial charge in [0.2, 0.25) is 5.91 Å². The predicted octanol–water partition coefficient (Wildman–Crippen LogP) is 3.62. The fourth-order valence-electron chi connectivity index (χ4n) is 3.07. The maximum Gasteiger partial charge on any atom is 0.227 e. The van der Waals surface area contributed by atoms with Gasteiger partial charge in [0.25, 0.3) is 0 Å². The molecule has 1 aliphatic heterocycles. The van der Waals surface area contributed by atoms with Crippen molar-refractivity contribution in [3.05, 3.63) is 47.8 Å². The second kappa shape index (κ2) is 7.00. The van der Waals surface area contributed by atoms with E-state index in [1.165, 1.54) is 11.1 Å². The van der Waals surface area contributed by atoms with E-state index >= 15 is 0 Å². The van der Waals surface area contributed by atoms with Crippen LogP contribution < -0.4 is 10.2 Å². The SMILES string of the molecule is C[C@@H](NCc1cnn(C(C)(C)C)c1)c1ccc(N2CCCC2=O)cc1. The van der Waals surface area contributed by atoms with Gasteiger partial charge in [0.05, 0.1) is 11.7 Å². The Morgan fingerprint density at radius 3 is 2.52 bits per heavy atom. The molecule has 0 aliphatic carbocycles. The van der Waals surface area contributed by atoms with Crippen molar-refractivity contribution < 1.29 is 4.79 Å². The number of hydrogen-bond acceptors (Lipinski definition) is 3. The molecule has 1 fully saturated rings. The summed E-state index contributed by atoms with van der Waals surface area (Å²) < 4.78 is 2.00. The first-order valence-electron chi connectivity index (χ1n) is 9.02. The lowest BCUT2D eigenvalue weighted by atomic mass is 10.1.